The van der Waals surface area contributed by atoms with E-state index in [2.05, 4.69) is 4.74 Å². The Balaban J connectivity index is 3.32. The van der Waals surface area contributed by atoms with Crippen LogP contribution in [0.5, 0.6) is 0 Å². The number of rotatable bonds is 2. The van der Waals surface area contributed by atoms with E-state index in [0.717, 1.165) is 13.2 Å². The minimum absolute atomic E-state index is 0.397. The number of aliphatic carboxylic acids is 1. The van der Waals surface area contributed by atoms with Crippen molar-refractivity contribution >= 4 is 17.5 Å². The fourth-order valence-corrected chi connectivity index (χ4v) is 1.24. The van der Waals surface area contributed by atoms with Gasteiger partial charge in [0.15, 0.2) is 11.5 Å². The number of hydrogen-bond donors (Lipinski definition) is 3. The van der Waals surface area contributed by atoms with Crippen LogP contribution in [0, 0.1) is 0 Å². The Morgan fingerprint density at radius 3 is 2.53 bits per heavy atom. The second-order valence-electron chi connectivity index (χ2n) is 3.10. The third-order valence-corrected chi connectivity index (χ3v) is 2.24. The zero-order valence-electron chi connectivity index (χ0n) is 7.89. The number of Topliss-reactive ketones (excluding diaryl/α,β-unsaturated/α-hetero) is 1. The van der Waals surface area contributed by atoms with Gasteiger partial charge in [0.2, 0.25) is 11.3 Å². The van der Waals surface area contributed by atoms with E-state index in [9.17, 15) is 14.4 Å². The topological polar surface area (TPSA) is 133 Å². The SMILES string of the molecule is COC1=CC(=O)C(N)C(N)(C(=O)O)C1=O. The molecule has 0 aliphatic heterocycles. The fourth-order valence-electron chi connectivity index (χ4n) is 1.24. The molecule has 0 aromatic heterocycles. The molecule has 1 aliphatic carbocycles. The maximum atomic E-state index is 11.5. The lowest BCUT2D eigenvalue weighted by molar-refractivity contribution is -0.151. The van der Waals surface area contributed by atoms with E-state index in [1.165, 1.54) is 0 Å². The van der Waals surface area contributed by atoms with Gasteiger partial charge < -0.3 is 21.3 Å². The van der Waals surface area contributed by atoms with Crippen LogP contribution in [0.1, 0.15) is 0 Å². The third kappa shape index (κ3) is 1.41. The Kier molecular flexibility index (Phi) is 2.61. The number of hydrogen-bond acceptors (Lipinski definition) is 6. The Bertz CT molecular complexity index is 375. The summed E-state index contributed by atoms with van der Waals surface area (Å²) in [6.07, 6.45) is 0.848. The van der Waals surface area contributed by atoms with Gasteiger partial charge in [0, 0.05) is 6.08 Å². The maximum Gasteiger partial charge on any atom is 0.334 e. The van der Waals surface area contributed by atoms with Crippen LogP contribution in [-0.2, 0) is 19.1 Å². The molecule has 0 amide bonds. The van der Waals surface area contributed by atoms with E-state index in [4.69, 9.17) is 16.6 Å². The molecule has 0 aromatic rings. The molecule has 82 valence electrons. The van der Waals surface area contributed by atoms with E-state index in [0.29, 0.717) is 0 Å². The zero-order chi connectivity index (χ0) is 11.8. The van der Waals surface area contributed by atoms with Gasteiger partial charge in [-0.25, -0.2) is 4.79 Å². The molecule has 0 bridgehead atoms. The molecule has 0 aromatic carbocycles. The predicted octanol–water partition coefficient (Wildman–Crippen LogP) is -2.22. The van der Waals surface area contributed by atoms with Gasteiger partial charge in [0.25, 0.3) is 0 Å². The minimum atomic E-state index is -2.45. The van der Waals surface area contributed by atoms with Crippen molar-refractivity contribution in [2.24, 2.45) is 11.5 Å². The minimum Gasteiger partial charge on any atom is -0.493 e. The van der Waals surface area contributed by atoms with Crippen LogP contribution >= 0.6 is 0 Å². The molecule has 0 saturated carbocycles. The lowest BCUT2D eigenvalue weighted by Gasteiger charge is -2.31. The van der Waals surface area contributed by atoms with E-state index in [-0.39, 0.29) is 0 Å². The van der Waals surface area contributed by atoms with Crippen LogP contribution in [0.2, 0.25) is 0 Å². The average Bonchev–Trinajstić information content (AvgIpc) is 2.20. The molecule has 15 heavy (non-hydrogen) atoms. The van der Waals surface area contributed by atoms with Crippen molar-refractivity contribution in [1.29, 1.82) is 0 Å². The highest BCUT2D eigenvalue weighted by atomic mass is 16.5. The van der Waals surface area contributed by atoms with Crippen molar-refractivity contribution in [1.82, 2.24) is 0 Å². The first-order chi connectivity index (χ1) is 6.85. The van der Waals surface area contributed by atoms with Crippen LogP contribution < -0.4 is 11.5 Å². The van der Waals surface area contributed by atoms with Crippen molar-refractivity contribution in [3.8, 4) is 0 Å². The van der Waals surface area contributed by atoms with Crippen LogP contribution in [0.25, 0.3) is 0 Å². The second kappa shape index (κ2) is 3.44. The normalized spacial score (nSPS) is 31.1. The summed E-state index contributed by atoms with van der Waals surface area (Å²) < 4.78 is 4.56. The molecule has 7 heteroatoms. The molecule has 5 N–H and O–H groups in total. The number of carboxylic acid groups (broad SMARTS) is 1. The molecule has 1 rings (SSSR count). The van der Waals surface area contributed by atoms with Crippen LogP contribution in [0.3, 0.4) is 0 Å². The number of nitrogens with two attached hydrogens (primary N) is 2. The highest BCUT2D eigenvalue weighted by molar-refractivity contribution is 6.24. The first-order valence-corrected chi connectivity index (χ1v) is 3.98. The van der Waals surface area contributed by atoms with Gasteiger partial charge in [-0.05, 0) is 0 Å². The van der Waals surface area contributed by atoms with Crippen molar-refractivity contribution < 1.29 is 24.2 Å². The standard InChI is InChI=1S/C8H10N2O5/c1-15-4-2-3(11)5(9)8(10,6(4)12)7(13)14/h2,5H,9-10H2,1H3,(H,13,14). The summed E-state index contributed by atoms with van der Waals surface area (Å²) in [5.41, 5.74) is 8.17. The summed E-state index contributed by atoms with van der Waals surface area (Å²) in [5, 5.41) is 8.81. The van der Waals surface area contributed by atoms with Gasteiger partial charge >= 0.3 is 5.97 Å². The summed E-state index contributed by atoms with van der Waals surface area (Å²) in [6, 6.07) is -1.60. The van der Waals surface area contributed by atoms with Crippen molar-refractivity contribution in [2.45, 2.75) is 11.6 Å². The molecular formula is C8H10N2O5. The lowest BCUT2D eigenvalue weighted by Crippen LogP contribution is -2.70. The van der Waals surface area contributed by atoms with Gasteiger partial charge in [-0.2, -0.15) is 0 Å². The van der Waals surface area contributed by atoms with Crippen LogP contribution in [-0.4, -0.2) is 41.3 Å². The predicted molar refractivity (Wildman–Crippen MR) is 47.6 cm³/mol. The Labute approximate surface area is 84.7 Å². The maximum absolute atomic E-state index is 11.5. The quantitative estimate of drug-likeness (QED) is 0.443. The van der Waals surface area contributed by atoms with E-state index < -0.39 is 34.9 Å². The van der Waals surface area contributed by atoms with E-state index in [1.54, 1.807) is 0 Å². The van der Waals surface area contributed by atoms with E-state index >= 15 is 0 Å². The number of carbonyl (C=O) groups excluding carboxylic acids is 2. The first-order valence-electron chi connectivity index (χ1n) is 3.98. The number of ether oxygens (including phenoxy) is 1. The summed E-state index contributed by atoms with van der Waals surface area (Å²) in [4.78, 5) is 33.6. The first kappa shape index (κ1) is 11.3. The van der Waals surface area contributed by atoms with Gasteiger partial charge in [-0.1, -0.05) is 0 Å². The number of methoxy groups -OCH3 is 1. The van der Waals surface area contributed by atoms with Crippen molar-refractivity contribution in [3.05, 3.63) is 11.8 Å². The largest absolute Gasteiger partial charge is 0.493 e. The summed E-state index contributed by atoms with van der Waals surface area (Å²) in [7, 11) is 1.14. The summed E-state index contributed by atoms with van der Waals surface area (Å²) in [6.45, 7) is 0. The lowest BCUT2D eigenvalue weighted by atomic mass is 9.79. The zero-order valence-corrected chi connectivity index (χ0v) is 7.89. The highest BCUT2D eigenvalue weighted by Gasteiger charge is 2.54. The number of carbonyl (C=O) groups is 3. The highest BCUT2D eigenvalue weighted by Crippen LogP contribution is 2.20. The molecule has 7 nitrogen and oxygen atoms in total. The molecule has 0 heterocycles. The summed E-state index contributed by atoms with van der Waals surface area (Å²) in [5.74, 6) is -3.82. The Hall–Kier alpha value is -1.73. The van der Waals surface area contributed by atoms with Crippen LogP contribution in [0.15, 0.2) is 11.8 Å². The molecule has 2 unspecified atom stereocenters. The van der Waals surface area contributed by atoms with Crippen molar-refractivity contribution in [3.63, 3.8) is 0 Å². The second-order valence-corrected chi connectivity index (χ2v) is 3.10. The summed E-state index contributed by atoms with van der Waals surface area (Å²) >= 11 is 0. The molecule has 0 spiro atoms. The molecule has 0 saturated heterocycles. The van der Waals surface area contributed by atoms with Crippen molar-refractivity contribution in [2.75, 3.05) is 7.11 Å². The number of ketones is 2. The third-order valence-electron chi connectivity index (χ3n) is 2.24. The van der Waals surface area contributed by atoms with Crippen LogP contribution in [0.4, 0.5) is 0 Å². The Morgan fingerprint density at radius 1 is 1.60 bits per heavy atom. The smallest absolute Gasteiger partial charge is 0.334 e. The average molecular weight is 214 g/mol. The van der Waals surface area contributed by atoms with Gasteiger partial charge in [-0.3, -0.25) is 9.59 Å². The van der Waals surface area contributed by atoms with Gasteiger partial charge in [0.05, 0.1) is 7.11 Å². The number of carboxylic acids is 1. The molecule has 1 aliphatic rings. The van der Waals surface area contributed by atoms with Gasteiger partial charge in [-0.15, -0.1) is 0 Å². The monoisotopic (exact) mass is 214 g/mol. The fraction of sp³-hybridized carbons (Fsp3) is 0.375. The molecular weight excluding hydrogens is 204 g/mol. The Morgan fingerprint density at radius 2 is 2.13 bits per heavy atom. The van der Waals surface area contributed by atoms with Gasteiger partial charge in [0.1, 0.15) is 6.04 Å². The molecule has 0 radical (unpaired) electrons. The molecule has 0 fully saturated rings. The van der Waals surface area contributed by atoms with E-state index in [1.807, 2.05) is 0 Å². The molecule has 2 atom stereocenters.